The van der Waals surface area contributed by atoms with Crippen molar-refractivity contribution in [2.24, 2.45) is 7.05 Å². The van der Waals surface area contributed by atoms with Crippen LogP contribution in [0.4, 0.5) is 11.8 Å². The number of benzene rings is 1. The zero-order valence-corrected chi connectivity index (χ0v) is 16.2. The summed E-state index contributed by atoms with van der Waals surface area (Å²) in [5.41, 5.74) is 8.52. The zero-order valence-electron chi connectivity index (χ0n) is 15.5. The first kappa shape index (κ1) is 18.0. The molecule has 1 saturated heterocycles. The Kier molecular flexibility index (Phi) is 5.13. The van der Waals surface area contributed by atoms with Crippen LogP contribution in [0.15, 0.2) is 24.3 Å². The number of aromatic nitrogens is 4. The summed E-state index contributed by atoms with van der Waals surface area (Å²) in [6.07, 6.45) is 3.92. The number of hydrogen-bond acceptors (Lipinski definition) is 6. The van der Waals surface area contributed by atoms with Gasteiger partial charge < -0.3 is 16.0 Å². The molecule has 0 radical (unpaired) electrons. The van der Waals surface area contributed by atoms with E-state index in [1.54, 1.807) is 4.68 Å². The molecule has 142 valence electrons. The SMILES string of the molecule is Cn1nc2nc(NCCN3CCCCC3)nc(-c3ccc(Cl)cc3)c2c1N. The molecule has 2 aromatic heterocycles. The van der Waals surface area contributed by atoms with Gasteiger partial charge in [-0.25, -0.2) is 4.98 Å². The molecule has 27 heavy (non-hydrogen) atoms. The Morgan fingerprint density at radius 1 is 1.11 bits per heavy atom. The van der Waals surface area contributed by atoms with E-state index in [-0.39, 0.29) is 0 Å². The number of nitrogens with zero attached hydrogens (tertiary/aromatic N) is 5. The molecule has 0 atom stereocenters. The van der Waals surface area contributed by atoms with Gasteiger partial charge in [0.05, 0.1) is 11.1 Å². The molecule has 0 amide bonds. The third-order valence-corrected chi connectivity index (χ3v) is 5.27. The minimum atomic E-state index is 0.551. The van der Waals surface area contributed by atoms with Crippen molar-refractivity contribution in [1.82, 2.24) is 24.6 Å². The lowest BCUT2D eigenvalue weighted by atomic mass is 10.1. The Balaban J connectivity index is 1.62. The second-order valence-corrected chi connectivity index (χ2v) is 7.38. The second kappa shape index (κ2) is 7.70. The summed E-state index contributed by atoms with van der Waals surface area (Å²) >= 11 is 6.04. The van der Waals surface area contributed by atoms with Crippen LogP contribution in [-0.4, -0.2) is 50.8 Å². The fraction of sp³-hybridized carbons (Fsp3) is 0.421. The van der Waals surface area contributed by atoms with Crippen LogP contribution in [0.5, 0.6) is 0 Å². The molecular formula is C19H24ClN7. The van der Waals surface area contributed by atoms with Crippen molar-refractivity contribution in [3.8, 4) is 11.3 Å². The van der Waals surface area contributed by atoms with Crippen LogP contribution in [0.2, 0.25) is 5.02 Å². The topological polar surface area (TPSA) is 84.9 Å². The van der Waals surface area contributed by atoms with Gasteiger partial charge in [0.15, 0.2) is 5.65 Å². The zero-order chi connectivity index (χ0) is 18.8. The molecule has 0 unspecified atom stereocenters. The van der Waals surface area contributed by atoms with Gasteiger partial charge in [-0.3, -0.25) is 4.68 Å². The molecule has 1 aliphatic heterocycles. The number of halogens is 1. The predicted octanol–water partition coefficient (Wildman–Crippen LogP) is 3.16. The first-order valence-electron chi connectivity index (χ1n) is 9.34. The molecule has 1 aromatic carbocycles. The first-order valence-corrected chi connectivity index (χ1v) is 9.72. The summed E-state index contributed by atoms with van der Waals surface area (Å²) in [5.74, 6) is 1.12. The van der Waals surface area contributed by atoms with E-state index in [9.17, 15) is 0 Å². The maximum absolute atomic E-state index is 6.22. The Labute approximate surface area is 163 Å². The van der Waals surface area contributed by atoms with E-state index in [0.717, 1.165) is 29.7 Å². The van der Waals surface area contributed by atoms with E-state index in [1.807, 2.05) is 31.3 Å². The van der Waals surface area contributed by atoms with Gasteiger partial charge in [-0.15, -0.1) is 0 Å². The standard InChI is InChI=1S/C19H24ClN7/c1-26-17(21)15-16(13-5-7-14(20)8-6-13)23-19(24-18(15)25-26)22-9-12-27-10-3-2-4-11-27/h5-8H,2-4,9-12,21H2,1H3,(H,22,24,25). The second-order valence-electron chi connectivity index (χ2n) is 6.94. The Morgan fingerprint density at radius 2 is 1.85 bits per heavy atom. The molecule has 1 aliphatic rings. The van der Waals surface area contributed by atoms with Crippen molar-refractivity contribution in [1.29, 1.82) is 0 Å². The lowest BCUT2D eigenvalue weighted by Crippen LogP contribution is -2.33. The van der Waals surface area contributed by atoms with Gasteiger partial charge in [0.25, 0.3) is 0 Å². The van der Waals surface area contributed by atoms with E-state index in [4.69, 9.17) is 22.3 Å². The van der Waals surface area contributed by atoms with Crippen LogP contribution in [0.25, 0.3) is 22.3 Å². The lowest BCUT2D eigenvalue weighted by molar-refractivity contribution is 0.237. The number of anilines is 2. The number of nitrogen functional groups attached to an aromatic ring is 1. The van der Waals surface area contributed by atoms with Crippen LogP contribution < -0.4 is 11.1 Å². The van der Waals surface area contributed by atoms with Gasteiger partial charge in [0, 0.05) is 30.7 Å². The van der Waals surface area contributed by atoms with Crippen molar-refractivity contribution in [3.05, 3.63) is 29.3 Å². The van der Waals surface area contributed by atoms with E-state index in [0.29, 0.717) is 22.4 Å². The molecule has 4 rings (SSSR count). The molecule has 3 aromatic rings. The summed E-state index contributed by atoms with van der Waals surface area (Å²) in [7, 11) is 1.81. The molecule has 1 fully saturated rings. The van der Waals surface area contributed by atoms with Crippen molar-refractivity contribution in [3.63, 3.8) is 0 Å². The van der Waals surface area contributed by atoms with E-state index >= 15 is 0 Å². The van der Waals surface area contributed by atoms with Gasteiger partial charge in [-0.2, -0.15) is 10.1 Å². The summed E-state index contributed by atoms with van der Waals surface area (Å²) in [4.78, 5) is 11.8. The largest absolute Gasteiger partial charge is 0.383 e. The van der Waals surface area contributed by atoms with Crippen molar-refractivity contribution < 1.29 is 0 Å². The highest BCUT2D eigenvalue weighted by Crippen LogP contribution is 2.31. The molecule has 0 bridgehead atoms. The minimum Gasteiger partial charge on any atom is -0.383 e. The van der Waals surface area contributed by atoms with Crippen molar-refractivity contribution in [2.45, 2.75) is 19.3 Å². The normalized spacial score (nSPS) is 15.3. The first-order chi connectivity index (χ1) is 13.1. The molecule has 8 heteroatoms. The molecular weight excluding hydrogens is 362 g/mol. The van der Waals surface area contributed by atoms with Crippen LogP contribution >= 0.6 is 11.6 Å². The maximum atomic E-state index is 6.22. The number of nitrogens with one attached hydrogen (secondary N) is 1. The molecule has 3 N–H and O–H groups in total. The van der Waals surface area contributed by atoms with E-state index in [1.165, 1.54) is 32.4 Å². The fourth-order valence-electron chi connectivity index (χ4n) is 3.52. The smallest absolute Gasteiger partial charge is 0.225 e. The van der Waals surface area contributed by atoms with Crippen molar-refractivity contribution in [2.75, 3.05) is 37.2 Å². The quantitative estimate of drug-likeness (QED) is 0.701. The van der Waals surface area contributed by atoms with Gasteiger partial charge in [-0.05, 0) is 38.1 Å². The highest BCUT2D eigenvalue weighted by molar-refractivity contribution is 6.30. The van der Waals surface area contributed by atoms with Gasteiger partial charge in [-0.1, -0.05) is 30.2 Å². The van der Waals surface area contributed by atoms with Crippen LogP contribution in [0.3, 0.4) is 0 Å². The highest BCUT2D eigenvalue weighted by Gasteiger charge is 2.17. The third-order valence-electron chi connectivity index (χ3n) is 5.02. The Bertz CT molecular complexity index is 929. The number of likely N-dealkylation sites (tertiary alicyclic amines) is 1. The number of aryl methyl sites for hydroxylation is 1. The summed E-state index contributed by atoms with van der Waals surface area (Å²) < 4.78 is 1.64. The number of rotatable bonds is 5. The summed E-state index contributed by atoms with van der Waals surface area (Å²) in [5, 5.41) is 9.24. The Morgan fingerprint density at radius 3 is 2.59 bits per heavy atom. The van der Waals surface area contributed by atoms with Crippen LogP contribution in [0.1, 0.15) is 19.3 Å². The number of fused-ring (bicyclic) bond motifs is 1. The number of piperidine rings is 1. The number of nitrogens with two attached hydrogens (primary N) is 1. The lowest BCUT2D eigenvalue weighted by Gasteiger charge is -2.26. The average molecular weight is 386 g/mol. The van der Waals surface area contributed by atoms with E-state index < -0.39 is 0 Å². The monoisotopic (exact) mass is 385 g/mol. The highest BCUT2D eigenvalue weighted by atomic mass is 35.5. The summed E-state index contributed by atoms with van der Waals surface area (Å²) in [6, 6.07) is 7.57. The molecule has 0 spiro atoms. The van der Waals surface area contributed by atoms with Gasteiger partial charge in [0.2, 0.25) is 5.95 Å². The molecule has 0 aliphatic carbocycles. The predicted molar refractivity (Wildman–Crippen MR) is 110 cm³/mol. The van der Waals surface area contributed by atoms with E-state index in [2.05, 4.69) is 20.3 Å². The van der Waals surface area contributed by atoms with Crippen molar-refractivity contribution >= 4 is 34.4 Å². The minimum absolute atomic E-state index is 0.551. The van der Waals surface area contributed by atoms with Crippen LogP contribution in [-0.2, 0) is 7.05 Å². The fourth-order valence-corrected chi connectivity index (χ4v) is 3.65. The molecule has 0 saturated carbocycles. The average Bonchev–Trinajstić information content (AvgIpc) is 2.97. The Hall–Kier alpha value is -2.38. The van der Waals surface area contributed by atoms with Gasteiger partial charge >= 0.3 is 0 Å². The number of hydrogen-bond donors (Lipinski definition) is 2. The molecule has 3 heterocycles. The van der Waals surface area contributed by atoms with Crippen LogP contribution in [0, 0.1) is 0 Å². The molecule has 7 nitrogen and oxygen atoms in total. The summed E-state index contributed by atoms with van der Waals surface area (Å²) in [6.45, 7) is 4.14. The maximum Gasteiger partial charge on any atom is 0.225 e. The van der Waals surface area contributed by atoms with Gasteiger partial charge in [0.1, 0.15) is 5.82 Å². The third kappa shape index (κ3) is 3.84.